The number of carbonyl (C=O) groups excluding carboxylic acids is 1. The van der Waals surface area contributed by atoms with Crippen molar-refractivity contribution >= 4 is 44.2 Å². The number of benzene rings is 2. The molecule has 0 saturated carbocycles. The molecule has 5 rings (SSSR count). The largest absolute Gasteiger partial charge is 0.492 e. The van der Waals surface area contributed by atoms with Crippen molar-refractivity contribution in [2.75, 3.05) is 50.9 Å². The number of morpholine rings is 1. The summed E-state index contributed by atoms with van der Waals surface area (Å²) in [5, 5.41) is 5.30. The average molecular weight is 527 g/mol. The van der Waals surface area contributed by atoms with E-state index >= 15 is 0 Å². The summed E-state index contributed by atoms with van der Waals surface area (Å²) in [5.41, 5.74) is 2.21. The van der Waals surface area contributed by atoms with Crippen LogP contribution in [0.3, 0.4) is 0 Å². The van der Waals surface area contributed by atoms with Crippen molar-refractivity contribution in [3.05, 3.63) is 58.8 Å². The summed E-state index contributed by atoms with van der Waals surface area (Å²) in [6, 6.07) is 13.1. The maximum atomic E-state index is 14.2. The van der Waals surface area contributed by atoms with Gasteiger partial charge in [-0.15, -0.1) is 0 Å². The third-order valence-electron chi connectivity index (χ3n) is 6.10. The summed E-state index contributed by atoms with van der Waals surface area (Å²) in [6.45, 7) is 8.39. The summed E-state index contributed by atoms with van der Waals surface area (Å²) in [4.78, 5) is 23.0. The molecule has 4 aromatic rings. The molecule has 0 unspecified atom stereocenters. The van der Waals surface area contributed by atoms with Gasteiger partial charge in [0.1, 0.15) is 28.3 Å². The van der Waals surface area contributed by atoms with Gasteiger partial charge < -0.3 is 14.0 Å². The predicted molar refractivity (Wildman–Crippen MR) is 141 cm³/mol. The van der Waals surface area contributed by atoms with Crippen LogP contribution in [-0.4, -0.2) is 66.9 Å². The number of amides is 1. The first-order valence-corrected chi connectivity index (χ1v) is 13.1. The van der Waals surface area contributed by atoms with Gasteiger partial charge in [-0.25, -0.2) is 4.98 Å². The lowest BCUT2D eigenvalue weighted by Crippen LogP contribution is -2.43. The summed E-state index contributed by atoms with van der Waals surface area (Å²) in [5.74, 6) is 0.910. The molecular weight excluding hydrogens is 500 g/mol. The van der Waals surface area contributed by atoms with Crippen LogP contribution in [0, 0.1) is 6.92 Å². The van der Waals surface area contributed by atoms with E-state index in [0.29, 0.717) is 71.4 Å². The highest BCUT2D eigenvalue weighted by atomic mass is 35.5. The predicted octanol–water partition coefficient (Wildman–Crippen LogP) is 5.29. The second-order valence-electron chi connectivity index (χ2n) is 8.39. The monoisotopic (exact) mass is 526 g/mol. The number of rotatable bonds is 8. The number of para-hydroxylation sites is 1. The van der Waals surface area contributed by atoms with E-state index in [1.165, 1.54) is 11.3 Å². The van der Waals surface area contributed by atoms with Gasteiger partial charge in [0.2, 0.25) is 0 Å². The van der Waals surface area contributed by atoms with E-state index in [9.17, 15) is 4.79 Å². The molecular formula is C26H27ClN4O4S. The van der Waals surface area contributed by atoms with Crippen LogP contribution >= 0.6 is 22.9 Å². The molecule has 1 saturated heterocycles. The summed E-state index contributed by atoms with van der Waals surface area (Å²) < 4.78 is 17.7. The Hall–Kier alpha value is -2.98. The summed E-state index contributed by atoms with van der Waals surface area (Å²) >= 11 is 7.92. The molecule has 188 valence electrons. The van der Waals surface area contributed by atoms with Crippen molar-refractivity contribution in [3.8, 4) is 17.0 Å². The Morgan fingerprint density at radius 3 is 2.78 bits per heavy atom. The molecule has 0 N–H and O–H groups in total. The maximum Gasteiger partial charge on any atom is 0.266 e. The van der Waals surface area contributed by atoms with Crippen molar-refractivity contribution in [1.29, 1.82) is 0 Å². The number of thiazole rings is 1. The van der Waals surface area contributed by atoms with E-state index in [4.69, 9.17) is 30.6 Å². The fraction of sp³-hybridized carbons (Fsp3) is 0.346. The van der Waals surface area contributed by atoms with Gasteiger partial charge in [-0.3, -0.25) is 14.6 Å². The zero-order chi connectivity index (χ0) is 25.1. The molecule has 2 aromatic carbocycles. The molecule has 0 radical (unpaired) electrons. The minimum atomic E-state index is -0.228. The van der Waals surface area contributed by atoms with Gasteiger partial charge in [0.05, 0.1) is 29.5 Å². The fourth-order valence-electron chi connectivity index (χ4n) is 4.25. The zero-order valence-corrected chi connectivity index (χ0v) is 21.8. The lowest BCUT2D eigenvalue weighted by molar-refractivity contribution is 0.0391. The van der Waals surface area contributed by atoms with Gasteiger partial charge >= 0.3 is 0 Å². The van der Waals surface area contributed by atoms with E-state index in [1.54, 1.807) is 17.9 Å². The minimum absolute atomic E-state index is 0.228. The van der Waals surface area contributed by atoms with Gasteiger partial charge in [-0.1, -0.05) is 52.4 Å². The van der Waals surface area contributed by atoms with Crippen molar-refractivity contribution in [2.24, 2.45) is 0 Å². The molecule has 10 heteroatoms. The number of aryl methyl sites for hydroxylation is 1. The molecule has 36 heavy (non-hydrogen) atoms. The molecule has 0 bridgehead atoms. The molecule has 0 spiro atoms. The first-order valence-electron chi connectivity index (χ1n) is 11.9. The van der Waals surface area contributed by atoms with Gasteiger partial charge in [0, 0.05) is 31.7 Å². The highest BCUT2D eigenvalue weighted by Crippen LogP contribution is 2.37. The molecule has 2 aromatic heterocycles. The van der Waals surface area contributed by atoms with Crippen LogP contribution in [0.1, 0.15) is 23.0 Å². The van der Waals surface area contributed by atoms with Gasteiger partial charge in [-0.2, -0.15) is 0 Å². The number of ether oxygens (including phenoxy) is 2. The number of halogens is 1. The molecule has 1 amide bonds. The van der Waals surface area contributed by atoms with Crippen LogP contribution in [0.2, 0.25) is 5.02 Å². The third-order valence-corrected chi connectivity index (χ3v) is 7.47. The van der Waals surface area contributed by atoms with Crippen molar-refractivity contribution in [3.63, 3.8) is 0 Å². The Kier molecular flexibility index (Phi) is 7.52. The van der Waals surface area contributed by atoms with Crippen LogP contribution in [0.4, 0.5) is 5.13 Å². The normalized spacial score (nSPS) is 14.3. The molecule has 3 heterocycles. The number of nitrogens with zero attached hydrogens (tertiary/aromatic N) is 4. The van der Waals surface area contributed by atoms with Crippen molar-refractivity contribution in [2.45, 2.75) is 13.8 Å². The Bertz CT molecular complexity index is 1370. The average Bonchev–Trinajstić information content (AvgIpc) is 3.49. The second-order valence-corrected chi connectivity index (χ2v) is 9.80. The topological polar surface area (TPSA) is 80.9 Å². The Labute approximate surface area is 218 Å². The lowest BCUT2D eigenvalue weighted by Gasteiger charge is -2.29. The highest BCUT2D eigenvalue weighted by molar-refractivity contribution is 7.22. The molecule has 1 aliphatic rings. The first-order chi connectivity index (χ1) is 17.6. The van der Waals surface area contributed by atoms with E-state index in [2.05, 4.69) is 10.1 Å². The van der Waals surface area contributed by atoms with E-state index in [-0.39, 0.29) is 5.91 Å². The molecule has 0 atom stereocenters. The minimum Gasteiger partial charge on any atom is -0.492 e. The number of fused-ring (bicyclic) bond motifs is 1. The van der Waals surface area contributed by atoms with E-state index in [0.717, 1.165) is 23.3 Å². The summed E-state index contributed by atoms with van der Waals surface area (Å²) in [6.07, 6.45) is 0. The number of aromatic nitrogens is 2. The fourth-order valence-corrected chi connectivity index (χ4v) is 5.48. The molecule has 1 fully saturated rings. The van der Waals surface area contributed by atoms with Gasteiger partial charge in [0.15, 0.2) is 5.13 Å². The van der Waals surface area contributed by atoms with Gasteiger partial charge in [0.25, 0.3) is 5.91 Å². The van der Waals surface area contributed by atoms with Crippen molar-refractivity contribution in [1.82, 2.24) is 15.0 Å². The smallest absolute Gasteiger partial charge is 0.266 e. The van der Waals surface area contributed by atoms with E-state index in [1.807, 2.05) is 43.3 Å². The van der Waals surface area contributed by atoms with Crippen molar-refractivity contribution < 1.29 is 18.8 Å². The standard InChI is InChI=1S/C26H27ClN4O4S/c1-3-34-20-9-6-10-21-24(20)28-26(36-21)31(12-11-30-13-15-33-16-14-30)25(32)22-17(2)35-29-23(22)18-7-4-5-8-19(18)27/h4-10H,3,11-16H2,1-2H3. The quantitative estimate of drug-likeness (QED) is 0.308. The maximum absolute atomic E-state index is 14.2. The number of hydrogen-bond acceptors (Lipinski definition) is 8. The second kappa shape index (κ2) is 11.0. The highest BCUT2D eigenvalue weighted by Gasteiger charge is 2.30. The molecule has 0 aliphatic carbocycles. The SMILES string of the molecule is CCOc1cccc2sc(N(CCN3CCOCC3)C(=O)c3c(-c4ccccc4Cl)noc3C)nc12. The number of carbonyl (C=O) groups is 1. The first kappa shape index (κ1) is 24.7. The number of hydrogen-bond donors (Lipinski definition) is 0. The zero-order valence-electron chi connectivity index (χ0n) is 20.2. The number of anilines is 1. The van der Waals surface area contributed by atoms with E-state index < -0.39 is 0 Å². The lowest BCUT2D eigenvalue weighted by atomic mass is 10.1. The van der Waals surface area contributed by atoms with Crippen LogP contribution < -0.4 is 9.64 Å². The summed E-state index contributed by atoms with van der Waals surface area (Å²) in [7, 11) is 0. The van der Waals surface area contributed by atoms with Crippen LogP contribution in [-0.2, 0) is 4.74 Å². The Morgan fingerprint density at radius 1 is 1.19 bits per heavy atom. The molecule has 1 aliphatic heterocycles. The van der Waals surface area contributed by atoms with Gasteiger partial charge in [-0.05, 0) is 32.0 Å². The molecule has 8 nitrogen and oxygen atoms in total. The Morgan fingerprint density at radius 2 is 2.00 bits per heavy atom. The third kappa shape index (κ3) is 4.97. The van der Waals surface area contributed by atoms with Crippen LogP contribution in [0.15, 0.2) is 47.0 Å². The Balaban J connectivity index is 1.55. The van der Waals surface area contributed by atoms with Crippen LogP contribution in [0.25, 0.3) is 21.5 Å². The van der Waals surface area contributed by atoms with Crippen LogP contribution in [0.5, 0.6) is 5.75 Å².